The standard InChI is InChI=1S/C20H22N6S/c1-25(20-15-6-7-21-19(15)22-12-23-20)14-8-13(9-14)11-27-18-5-3-4-17-16(18)10-24-26(17)2/h3-7,10,12-14H,8-9,11H2,1-2H3,(H,21,22,23)/t13-,14+. The van der Waals surface area contributed by atoms with E-state index in [4.69, 9.17) is 0 Å². The predicted molar refractivity (Wildman–Crippen MR) is 110 cm³/mol. The Balaban J connectivity index is 1.23. The lowest BCUT2D eigenvalue weighted by Crippen LogP contribution is -2.43. The van der Waals surface area contributed by atoms with Gasteiger partial charge in [-0.15, -0.1) is 11.8 Å². The third-order valence-corrected chi connectivity index (χ3v) is 6.96. The number of nitrogens with one attached hydrogen (secondary N) is 1. The summed E-state index contributed by atoms with van der Waals surface area (Å²) >= 11 is 1.96. The van der Waals surface area contributed by atoms with Crippen LogP contribution in [0.5, 0.6) is 0 Å². The third kappa shape index (κ3) is 2.86. The molecular weight excluding hydrogens is 356 g/mol. The van der Waals surface area contributed by atoms with E-state index in [2.05, 4.69) is 56.3 Å². The fraction of sp³-hybridized carbons (Fsp3) is 0.350. The van der Waals surface area contributed by atoms with Crippen LogP contribution in [0.15, 0.2) is 47.9 Å². The number of anilines is 1. The van der Waals surface area contributed by atoms with Gasteiger partial charge in [-0.2, -0.15) is 5.10 Å². The number of hydrogen-bond donors (Lipinski definition) is 1. The highest BCUT2D eigenvalue weighted by Gasteiger charge is 2.33. The van der Waals surface area contributed by atoms with E-state index in [1.807, 2.05) is 35.9 Å². The number of H-pyrrole nitrogens is 1. The second-order valence-corrected chi connectivity index (χ2v) is 8.37. The molecule has 1 N–H and O–H groups in total. The zero-order chi connectivity index (χ0) is 18.4. The van der Waals surface area contributed by atoms with Gasteiger partial charge in [-0.05, 0) is 37.0 Å². The Morgan fingerprint density at radius 3 is 3.00 bits per heavy atom. The smallest absolute Gasteiger partial charge is 0.142 e. The summed E-state index contributed by atoms with van der Waals surface area (Å²) in [4.78, 5) is 15.6. The zero-order valence-corrected chi connectivity index (χ0v) is 16.3. The van der Waals surface area contributed by atoms with Gasteiger partial charge in [-0.3, -0.25) is 4.68 Å². The first-order valence-electron chi connectivity index (χ1n) is 9.25. The molecule has 6 nitrogen and oxygen atoms in total. The van der Waals surface area contributed by atoms with Crippen molar-refractivity contribution in [2.75, 3.05) is 17.7 Å². The van der Waals surface area contributed by atoms with Crippen molar-refractivity contribution >= 4 is 39.5 Å². The topological polar surface area (TPSA) is 62.6 Å². The second kappa shape index (κ2) is 6.56. The lowest BCUT2D eigenvalue weighted by Gasteiger charge is -2.41. The van der Waals surface area contributed by atoms with Crippen molar-refractivity contribution in [3.63, 3.8) is 0 Å². The third-order valence-electron chi connectivity index (χ3n) is 5.65. The van der Waals surface area contributed by atoms with Crippen LogP contribution in [0, 0.1) is 5.92 Å². The van der Waals surface area contributed by atoms with Crippen molar-refractivity contribution < 1.29 is 0 Å². The highest BCUT2D eigenvalue weighted by Crippen LogP contribution is 2.39. The molecule has 0 spiro atoms. The van der Waals surface area contributed by atoms with E-state index in [-0.39, 0.29) is 0 Å². The fourth-order valence-corrected chi connectivity index (χ4v) is 5.12. The molecule has 27 heavy (non-hydrogen) atoms. The second-order valence-electron chi connectivity index (χ2n) is 7.31. The molecule has 4 aromatic rings. The largest absolute Gasteiger partial charge is 0.356 e. The first kappa shape index (κ1) is 16.6. The summed E-state index contributed by atoms with van der Waals surface area (Å²) < 4.78 is 1.94. The summed E-state index contributed by atoms with van der Waals surface area (Å²) in [5.74, 6) is 2.93. The van der Waals surface area contributed by atoms with Crippen molar-refractivity contribution in [2.24, 2.45) is 13.0 Å². The Labute approximate surface area is 162 Å². The van der Waals surface area contributed by atoms with Gasteiger partial charge in [-0.25, -0.2) is 9.97 Å². The number of benzene rings is 1. The molecule has 0 saturated heterocycles. The first-order valence-corrected chi connectivity index (χ1v) is 10.2. The summed E-state index contributed by atoms with van der Waals surface area (Å²) in [7, 11) is 4.15. The molecule has 0 atom stereocenters. The normalized spacial score (nSPS) is 19.5. The van der Waals surface area contributed by atoms with Crippen LogP contribution in [0.4, 0.5) is 5.82 Å². The van der Waals surface area contributed by atoms with Gasteiger partial charge in [0.2, 0.25) is 0 Å². The van der Waals surface area contributed by atoms with Gasteiger partial charge in [0.05, 0.1) is 17.1 Å². The van der Waals surface area contributed by atoms with Crippen molar-refractivity contribution in [1.29, 1.82) is 0 Å². The molecule has 3 heterocycles. The Morgan fingerprint density at radius 2 is 2.11 bits per heavy atom. The Morgan fingerprint density at radius 1 is 1.22 bits per heavy atom. The molecule has 1 aliphatic carbocycles. The van der Waals surface area contributed by atoms with Gasteiger partial charge in [0.15, 0.2) is 0 Å². The highest BCUT2D eigenvalue weighted by atomic mass is 32.2. The fourth-order valence-electron chi connectivity index (χ4n) is 3.95. The number of fused-ring (bicyclic) bond motifs is 2. The highest BCUT2D eigenvalue weighted by molar-refractivity contribution is 7.99. The summed E-state index contributed by atoms with van der Waals surface area (Å²) in [5.41, 5.74) is 2.10. The number of aromatic amines is 1. The lowest BCUT2D eigenvalue weighted by atomic mass is 9.81. The Kier molecular flexibility index (Phi) is 4.04. The predicted octanol–water partition coefficient (Wildman–Crippen LogP) is 3.85. The number of rotatable bonds is 5. The van der Waals surface area contributed by atoms with Crippen LogP contribution in [0.3, 0.4) is 0 Å². The molecule has 0 radical (unpaired) electrons. The minimum atomic E-state index is 0.554. The molecule has 5 rings (SSSR count). The van der Waals surface area contributed by atoms with Crippen molar-refractivity contribution in [3.05, 3.63) is 43.0 Å². The number of thioether (sulfide) groups is 1. The molecule has 7 heteroatoms. The van der Waals surface area contributed by atoms with Crippen molar-refractivity contribution in [3.8, 4) is 0 Å². The molecule has 0 aliphatic heterocycles. The maximum absolute atomic E-state index is 4.52. The quantitative estimate of drug-likeness (QED) is 0.535. The molecule has 0 unspecified atom stereocenters. The SMILES string of the molecule is Cn1ncc2c(SC[C@H]3C[C@@H](N(C)c4ncnc5[nH]ccc45)C3)cccc21. The number of nitrogens with zero attached hydrogens (tertiary/aromatic N) is 5. The van der Waals surface area contributed by atoms with Gasteiger partial charge >= 0.3 is 0 Å². The monoisotopic (exact) mass is 378 g/mol. The molecule has 0 bridgehead atoms. The lowest BCUT2D eigenvalue weighted by molar-refractivity contribution is 0.286. The van der Waals surface area contributed by atoms with E-state index in [0.29, 0.717) is 6.04 Å². The van der Waals surface area contributed by atoms with E-state index >= 15 is 0 Å². The van der Waals surface area contributed by atoms with E-state index in [1.165, 1.54) is 28.6 Å². The van der Waals surface area contributed by atoms with Gasteiger partial charge in [-0.1, -0.05) is 6.07 Å². The number of aryl methyl sites for hydroxylation is 1. The van der Waals surface area contributed by atoms with Crippen LogP contribution in [-0.4, -0.2) is 43.6 Å². The minimum absolute atomic E-state index is 0.554. The maximum atomic E-state index is 4.52. The van der Waals surface area contributed by atoms with Gasteiger partial charge in [0.25, 0.3) is 0 Å². The molecule has 1 aliphatic rings. The maximum Gasteiger partial charge on any atom is 0.142 e. The summed E-state index contributed by atoms with van der Waals surface area (Å²) in [6.07, 6.45) is 7.97. The van der Waals surface area contributed by atoms with Gasteiger partial charge < -0.3 is 9.88 Å². The minimum Gasteiger partial charge on any atom is -0.356 e. The molecule has 1 aromatic carbocycles. The van der Waals surface area contributed by atoms with Crippen molar-refractivity contribution in [2.45, 2.75) is 23.8 Å². The summed E-state index contributed by atoms with van der Waals surface area (Å²) in [6.45, 7) is 0. The van der Waals surface area contributed by atoms with Gasteiger partial charge in [0, 0.05) is 42.4 Å². The van der Waals surface area contributed by atoms with Crippen LogP contribution >= 0.6 is 11.8 Å². The van der Waals surface area contributed by atoms with E-state index in [1.54, 1.807) is 6.33 Å². The van der Waals surface area contributed by atoms with Crippen LogP contribution in [0.25, 0.3) is 21.9 Å². The van der Waals surface area contributed by atoms with Crippen LogP contribution in [0.2, 0.25) is 0 Å². The average Bonchev–Trinajstić information content (AvgIpc) is 3.27. The first-order chi connectivity index (χ1) is 13.2. The van der Waals surface area contributed by atoms with Crippen LogP contribution in [0.1, 0.15) is 12.8 Å². The van der Waals surface area contributed by atoms with Gasteiger partial charge in [0.1, 0.15) is 17.8 Å². The molecule has 1 fully saturated rings. The molecule has 3 aromatic heterocycles. The number of hydrogen-bond acceptors (Lipinski definition) is 5. The Bertz CT molecular complexity index is 1090. The molecule has 138 valence electrons. The van der Waals surface area contributed by atoms with Crippen molar-refractivity contribution in [1.82, 2.24) is 24.7 Å². The zero-order valence-electron chi connectivity index (χ0n) is 15.5. The molecular formula is C20H22N6S. The summed E-state index contributed by atoms with van der Waals surface area (Å²) in [5, 5.41) is 6.75. The molecule has 1 saturated carbocycles. The van der Waals surface area contributed by atoms with E-state index < -0.39 is 0 Å². The number of aromatic nitrogens is 5. The summed E-state index contributed by atoms with van der Waals surface area (Å²) in [6, 6.07) is 9.07. The van der Waals surface area contributed by atoms with E-state index in [0.717, 1.165) is 28.5 Å². The van der Waals surface area contributed by atoms with Crippen LogP contribution in [-0.2, 0) is 7.05 Å². The van der Waals surface area contributed by atoms with E-state index in [9.17, 15) is 0 Å². The van der Waals surface area contributed by atoms with Crippen LogP contribution < -0.4 is 4.90 Å². The average molecular weight is 379 g/mol. The Hall–Kier alpha value is -2.54. The molecule has 0 amide bonds.